The normalized spacial score (nSPS) is 14.0. The van der Waals surface area contributed by atoms with Crippen molar-refractivity contribution in [3.63, 3.8) is 0 Å². The van der Waals surface area contributed by atoms with Crippen molar-refractivity contribution in [2.24, 2.45) is 0 Å². The van der Waals surface area contributed by atoms with E-state index in [0.717, 1.165) is 23.8 Å². The van der Waals surface area contributed by atoms with Crippen LogP contribution >= 0.6 is 11.3 Å². The van der Waals surface area contributed by atoms with E-state index in [2.05, 4.69) is 21.1 Å². The first-order valence-electron chi connectivity index (χ1n) is 9.34. The molecule has 156 valence electrons. The van der Waals surface area contributed by atoms with Gasteiger partial charge in [0.25, 0.3) is 0 Å². The van der Waals surface area contributed by atoms with Crippen molar-refractivity contribution in [3.05, 3.63) is 88.3 Å². The number of aromatic nitrogens is 4. The summed E-state index contributed by atoms with van der Waals surface area (Å²) in [5.41, 5.74) is 0.554. The van der Waals surface area contributed by atoms with Crippen LogP contribution in [0.1, 0.15) is 23.1 Å². The molecule has 0 saturated carbocycles. The SMILES string of the molecule is C[C@@](c1nc(-c2ccc(C#N)cc2)cs1)(c1cc(F)ccc1F)[C@@H](O)Cn1cncn1. The molecular formula is C22H17F2N5OS. The molecule has 0 amide bonds. The molecular weight excluding hydrogens is 420 g/mol. The van der Waals surface area contributed by atoms with Gasteiger partial charge in [0.2, 0.25) is 0 Å². The minimum atomic E-state index is -1.35. The lowest BCUT2D eigenvalue weighted by atomic mass is 9.77. The van der Waals surface area contributed by atoms with Crippen LogP contribution in [0.5, 0.6) is 0 Å². The van der Waals surface area contributed by atoms with Crippen LogP contribution in [-0.2, 0) is 12.0 Å². The van der Waals surface area contributed by atoms with E-state index in [-0.39, 0.29) is 12.1 Å². The Hall–Kier alpha value is -3.48. The second-order valence-electron chi connectivity index (χ2n) is 7.19. The Morgan fingerprint density at radius 3 is 2.68 bits per heavy atom. The van der Waals surface area contributed by atoms with Gasteiger partial charge in [-0.25, -0.2) is 18.7 Å². The Bertz CT molecular complexity index is 1230. The quantitative estimate of drug-likeness (QED) is 0.494. The predicted molar refractivity (Wildman–Crippen MR) is 111 cm³/mol. The molecule has 0 unspecified atom stereocenters. The molecule has 31 heavy (non-hydrogen) atoms. The molecule has 2 aromatic heterocycles. The number of thiazole rings is 1. The molecule has 1 N–H and O–H groups in total. The molecule has 0 fully saturated rings. The van der Waals surface area contributed by atoms with E-state index in [1.165, 1.54) is 28.7 Å². The number of nitrogens with zero attached hydrogens (tertiary/aromatic N) is 5. The highest BCUT2D eigenvalue weighted by Crippen LogP contribution is 2.40. The fraction of sp³-hybridized carbons (Fsp3) is 0.182. The van der Waals surface area contributed by atoms with Gasteiger partial charge in [0.05, 0.1) is 35.4 Å². The van der Waals surface area contributed by atoms with E-state index in [0.29, 0.717) is 16.3 Å². The highest BCUT2D eigenvalue weighted by Gasteiger charge is 2.42. The number of hydrogen-bond donors (Lipinski definition) is 1. The Morgan fingerprint density at radius 1 is 1.23 bits per heavy atom. The molecule has 4 rings (SSSR count). The average Bonchev–Trinajstić information content (AvgIpc) is 3.47. The standard InChI is InChI=1S/C22H17F2N5OS/c1-22(17-8-16(23)6-7-18(17)24,20(30)10-29-13-26-12-27-29)21-28-19(11-31-21)15-4-2-14(9-25)3-5-15/h2-8,11-13,20,30H,10H2,1H3/t20-,22+/m0/s1. The smallest absolute Gasteiger partial charge is 0.137 e. The number of aliphatic hydroxyl groups excluding tert-OH is 1. The molecule has 2 atom stereocenters. The first-order valence-corrected chi connectivity index (χ1v) is 10.2. The van der Waals surface area contributed by atoms with Crippen LogP contribution in [0.4, 0.5) is 8.78 Å². The molecule has 0 aliphatic carbocycles. The second-order valence-corrected chi connectivity index (χ2v) is 8.04. The molecule has 0 bridgehead atoms. The number of halogens is 2. The number of nitriles is 1. The highest BCUT2D eigenvalue weighted by molar-refractivity contribution is 7.10. The van der Waals surface area contributed by atoms with Crippen LogP contribution in [0.2, 0.25) is 0 Å². The summed E-state index contributed by atoms with van der Waals surface area (Å²) in [6.07, 6.45) is 1.60. The summed E-state index contributed by atoms with van der Waals surface area (Å²) in [4.78, 5) is 8.51. The van der Waals surface area contributed by atoms with Gasteiger partial charge >= 0.3 is 0 Å². The summed E-state index contributed by atoms with van der Waals surface area (Å²) < 4.78 is 30.3. The van der Waals surface area contributed by atoms with Gasteiger partial charge in [0.15, 0.2) is 0 Å². The second kappa shape index (κ2) is 8.34. The van der Waals surface area contributed by atoms with Crippen molar-refractivity contribution >= 4 is 11.3 Å². The lowest BCUT2D eigenvalue weighted by Crippen LogP contribution is -2.41. The molecule has 2 heterocycles. The average molecular weight is 437 g/mol. The van der Waals surface area contributed by atoms with Crippen molar-refractivity contribution in [1.82, 2.24) is 19.7 Å². The summed E-state index contributed by atoms with van der Waals surface area (Å²) in [6.45, 7) is 1.64. The lowest BCUT2D eigenvalue weighted by molar-refractivity contribution is 0.0873. The minimum absolute atomic E-state index is 0.000781. The monoisotopic (exact) mass is 437 g/mol. The highest BCUT2D eigenvalue weighted by atomic mass is 32.1. The number of benzene rings is 2. The van der Waals surface area contributed by atoms with Crippen molar-refractivity contribution < 1.29 is 13.9 Å². The maximum atomic E-state index is 14.8. The third-order valence-electron chi connectivity index (χ3n) is 5.24. The Labute approximate surface area is 181 Å². The summed E-state index contributed by atoms with van der Waals surface area (Å²) in [5, 5.41) is 26.4. The van der Waals surface area contributed by atoms with Crippen LogP contribution in [0.15, 0.2) is 60.5 Å². The van der Waals surface area contributed by atoms with Crippen LogP contribution < -0.4 is 0 Å². The fourth-order valence-corrected chi connectivity index (χ4v) is 4.43. The Kier molecular flexibility index (Phi) is 5.59. The predicted octanol–water partition coefficient (Wildman–Crippen LogP) is 3.92. The summed E-state index contributed by atoms with van der Waals surface area (Å²) in [5.74, 6) is -1.25. The maximum absolute atomic E-state index is 14.8. The lowest BCUT2D eigenvalue weighted by Gasteiger charge is -2.33. The first kappa shape index (κ1) is 20.8. The number of hydrogen-bond acceptors (Lipinski definition) is 6. The summed E-state index contributed by atoms with van der Waals surface area (Å²) in [6, 6.07) is 12.1. The Balaban J connectivity index is 1.80. The van der Waals surface area contributed by atoms with E-state index in [4.69, 9.17) is 5.26 Å². The van der Waals surface area contributed by atoms with E-state index < -0.39 is 23.2 Å². The molecule has 0 aliphatic rings. The summed E-state index contributed by atoms with van der Waals surface area (Å²) in [7, 11) is 0. The van der Waals surface area contributed by atoms with Crippen molar-refractivity contribution in [3.8, 4) is 17.3 Å². The minimum Gasteiger partial charge on any atom is -0.390 e. The number of rotatable bonds is 6. The third-order valence-corrected chi connectivity index (χ3v) is 6.32. The van der Waals surface area contributed by atoms with E-state index >= 15 is 0 Å². The van der Waals surface area contributed by atoms with Gasteiger partial charge in [-0.05, 0) is 37.3 Å². The molecule has 0 saturated heterocycles. The van der Waals surface area contributed by atoms with E-state index in [1.807, 2.05) is 0 Å². The zero-order valence-electron chi connectivity index (χ0n) is 16.4. The molecule has 6 nitrogen and oxygen atoms in total. The molecule has 0 radical (unpaired) electrons. The third kappa shape index (κ3) is 3.95. The van der Waals surface area contributed by atoms with Crippen LogP contribution in [0, 0.1) is 23.0 Å². The van der Waals surface area contributed by atoms with Crippen molar-refractivity contribution in [1.29, 1.82) is 5.26 Å². The molecule has 0 aliphatic heterocycles. The zero-order valence-corrected chi connectivity index (χ0v) is 17.2. The van der Waals surface area contributed by atoms with Gasteiger partial charge in [-0.1, -0.05) is 12.1 Å². The van der Waals surface area contributed by atoms with Gasteiger partial charge in [0, 0.05) is 16.5 Å². The van der Waals surface area contributed by atoms with Crippen LogP contribution in [0.3, 0.4) is 0 Å². The molecule has 0 spiro atoms. The summed E-state index contributed by atoms with van der Waals surface area (Å²) >= 11 is 1.24. The maximum Gasteiger partial charge on any atom is 0.137 e. The van der Waals surface area contributed by atoms with Crippen molar-refractivity contribution in [2.75, 3.05) is 0 Å². The number of aliphatic hydroxyl groups is 1. The van der Waals surface area contributed by atoms with Gasteiger partial charge < -0.3 is 5.11 Å². The van der Waals surface area contributed by atoms with Crippen molar-refractivity contribution in [2.45, 2.75) is 25.0 Å². The van der Waals surface area contributed by atoms with E-state index in [9.17, 15) is 13.9 Å². The largest absolute Gasteiger partial charge is 0.390 e. The van der Waals surface area contributed by atoms with Gasteiger partial charge in [-0.15, -0.1) is 11.3 Å². The fourth-order valence-electron chi connectivity index (χ4n) is 3.38. The molecule has 2 aromatic carbocycles. The van der Waals surface area contributed by atoms with Gasteiger partial charge in [-0.2, -0.15) is 10.4 Å². The Morgan fingerprint density at radius 2 is 2.00 bits per heavy atom. The first-order chi connectivity index (χ1) is 14.9. The zero-order chi connectivity index (χ0) is 22.0. The van der Waals surface area contributed by atoms with E-state index in [1.54, 1.807) is 36.6 Å². The van der Waals surface area contributed by atoms with Crippen LogP contribution in [0.25, 0.3) is 11.3 Å². The molecule has 9 heteroatoms. The molecule has 4 aromatic rings. The van der Waals surface area contributed by atoms with Crippen LogP contribution in [-0.4, -0.2) is 31.0 Å². The van der Waals surface area contributed by atoms with Gasteiger partial charge in [0.1, 0.15) is 29.3 Å². The topological polar surface area (TPSA) is 87.6 Å². The van der Waals surface area contributed by atoms with Gasteiger partial charge in [-0.3, -0.25) is 4.68 Å².